The van der Waals surface area contributed by atoms with E-state index in [4.69, 9.17) is 4.74 Å². The van der Waals surface area contributed by atoms with Gasteiger partial charge in [0.05, 0.1) is 29.9 Å². The number of rotatable bonds is 5. The summed E-state index contributed by atoms with van der Waals surface area (Å²) in [7, 11) is 3.59. The minimum Gasteiger partial charge on any atom is -0.493 e. The zero-order valence-corrected chi connectivity index (χ0v) is 14.3. The van der Waals surface area contributed by atoms with E-state index < -0.39 is 0 Å². The Morgan fingerprint density at radius 1 is 1.43 bits per heavy atom. The molecule has 0 amide bonds. The third kappa shape index (κ3) is 3.08. The molecule has 0 aliphatic heterocycles. The average molecular weight is 309 g/mol. The molecule has 0 fully saturated rings. The minimum atomic E-state index is -0.0537. The van der Waals surface area contributed by atoms with Crippen molar-refractivity contribution >= 4 is 11.5 Å². The molecular formula is C14H23N5OS. The van der Waals surface area contributed by atoms with Crippen molar-refractivity contribution in [2.75, 3.05) is 13.7 Å². The number of aryl methyl sites for hydroxylation is 1. The van der Waals surface area contributed by atoms with Crippen molar-refractivity contribution in [1.82, 2.24) is 24.7 Å². The molecule has 0 spiro atoms. The van der Waals surface area contributed by atoms with Crippen molar-refractivity contribution in [2.24, 2.45) is 7.05 Å². The Balaban J connectivity index is 2.55. The lowest BCUT2D eigenvalue weighted by molar-refractivity contribution is 0.401. The smallest absolute Gasteiger partial charge is 0.161 e. The van der Waals surface area contributed by atoms with Crippen molar-refractivity contribution in [3.63, 3.8) is 0 Å². The fourth-order valence-corrected chi connectivity index (χ4v) is 3.28. The molecule has 21 heavy (non-hydrogen) atoms. The van der Waals surface area contributed by atoms with Crippen LogP contribution in [0.2, 0.25) is 0 Å². The first-order valence-corrected chi connectivity index (χ1v) is 7.79. The molecule has 0 aliphatic rings. The third-order valence-corrected chi connectivity index (χ3v) is 4.13. The Hall–Kier alpha value is -1.47. The second kappa shape index (κ2) is 6.11. The van der Waals surface area contributed by atoms with E-state index in [1.165, 1.54) is 11.5 Å². The molecule has 1 N–H and O–H groups in total. The van der Waals surface area contributed by atoms with Gasteiger partial charge in [-0.15, -0.1) is 5.10 Å². The van der Waals surface area contributed by atoms with Crippen LogP contribution in [0, 0.1) is 0 Å². The Bertz CT molecular complexity index is 599. The summed E-state index contributed by atoms with van der Waals surface area (Å²) in [6.07, 6.45) is 1.74. The summed E-state index contributed by atoms with van der Waals surface area (Å²) in [6, 6.07) is -0.0216. The van der Waals surface area contributed by atoms with Crippen LogP contribution in [0.5, 0.6) is 5.75 Å². The number of nitrogens with one attached hydrogen (secondary N) is 1. The molecule has 6 nitrogen and oxygen atoms in total. The molecule has 0 aromatic carbocycles. The monoisotopic (exact) mass is 309 g/mol. The highest BCUT2D eigenvalue weighted by Crippen LogP contribution is 2.36. The molecule has 0 saturated carbocycles. The number of nitrogens with zero attached hydrogens (tertiary/aromatic N) is 4. The standard InChI is InChI=1S/C14H23N5OS/c1-7-15-10(11-9(20-6)8-16-19(11)5)12-13(14(2,3)4)17-18-21-12/h8,10,15H,7H2,1-6H3. The Kier molecular flexibility index (Phi) is 4.63. The molecule has 2 rings (SSSR count). The number of methoxy groups -OCH3 is 1. The maximum Gasteiger partial charge on any atom is 0.161 e. The van der Waals surface area contributed by atoms with Gasteiger partial charge >= 0.3 is 0 Å². The summed E-state index contributed by atoms with van der Waals surface area (Å²) in [5.74, 6) is 0.775. The first-order valence-electron chi connectivity index (χ1n) is 7.02. The van der Waals surface area contributed by atoms with Crippen LogP contribution in [0.25, 0.3) is 0 Å². The largest absolute Gasteiger partial charge is 0.493 e. The van der Waals surface area contributed by atoms with Gasteiger partial charge in [-0.2, -0.15) is 5.10 Å². The van der Waals surface area contributed by atoms with Crippen LogP contribution in [0.15, 0.2) is 6.20 Å². The van der Waals surface area contributed by atoms with Gasteiger partial charge in [-0.1, -0.05) is 32.2 Å². The van der Waals surface area contributed by atoms with Gasteiger partial charge in [-0.25, -0.2) is 0 Å². The summed E-state index contributed by atoms with van der Waals surface area (Å²) in [5.41, 5.74) is 1.96. The lowest BCUT2D eigenvalue weighted by Gasteiger charge is -2.23. The van der Waals surface area contributed by atoms with E-state index in [1.54, 1.807) is 13.3 Å². The van der Waals surface area contributed by atoms with Crippen LogP contribution < -0.4 is 10.1 Å². The molecule has 2 aromatic heterocycles. The SMILES string of the molecule is CCNC(c1snnc1C(C)(C)C)c1c(OC)cnn1C. The van der Waals surface area contributed by atoms with E-state index in [9.17, 15) is 0 Å². The predicted octanol–water partition coefficient (Wildman–Crippen LogP) is 2.28. The van der Waals surface area contributed by atoms with Gasteiger partial charge in [-0.05, 0) is 18.1 Å². The van der Waals surface area contributed by atoms with Crippen molar-refractivity contribution in [2.45, 2.75) is 39.2 Å². The summed E-state index contributed by atoms with van der Waals surface area (Å²) >= 11 is 1.43. The second-order valence-electron chi connectivity index (χ2n) is 5.95. The average Bonchev–Trinajstić information content (AvgIpc) is 3.02. The zero-order chi connectivity index (χ0) is 15.6. The fourth-order valence-electron chi connectivity index (χ4n) is 2.34. The molecule has 7 heteroatoms. The third-order valence-electron chi connectivity index (χ3n) is 3.34. The van der Waals surface area contributed by atoms with Gasteiger partial charge in [0.25, 0.3) is 0 Å². The predicted molar refractivity (Wildman–Crippen MR) is 83.9 cm³/mol. The first kappa shape index (κ1) is 15.9. The van der Waals surface area contributed by atoms with Crippen LogP contribution in [-0.4, -0.2) is 33.0 Å². The Morgan fingerprint density at radius 2 is 2.14 bits per heavy atom. The second-order valence-corrected chi connectivity index (χ2v) is 6.73. The number of hydrogen-bond acceptors (Lipinski definition) is 6. The number of ether oxygens (including phenoxy) is 1. The summed E-state index contributed by atoms with van der Waals surface area (Å²) in [5, 5.41) is 12.2. The summed E-state index contributed by atoms with van der Waals surface area (Å²) < 4.78 is 11.5. The number of aromatic nitrogens is 4. The van der Waals surface area contributed by atoms with E-state index >= 15 is 0 Å². The Morgan fingerprint density at radius 3 is 2.71 bits per heavy atom. The summed E-state index contributed by atoms with van der Waals surface area (Å²) in [6.45, 7) is 9.37. The highest BCUT2D eigenvalue weighted by Gasteiger charge is 2.31. The van der Waals surface area contributed by atoms with Gasteiger partial charge in [-0.3, -0.25) is 4.68 Å². The molecule has 2 aromatic rings. The first-order chi connectivity index (χ1) is 9.90. The van der Waals surface area contributed by atoms with Crippen LogP contribution in [0.4, 0.5) is 0 Å². The molecule has 1 unspecified atom stereocenters. The van der Waals surface area contributed by atoms with Crippen LogP contribution in [0.1, 0.15) is 50.0 Å². The minimum absolute atomic E-state index is 0.0216. The quantitative estimate of drug-likeness (QED) is 0.918. The highest BCUT2D eigenvalue weighted by molar-refractivity contribution is 7.05. The van der Waals surface area contributed by atoms with E-state index in [0.717, 1.165) is 28.6 Å². The van der Waals surface area contributed by atoms with Crippen molar-refractivity contribution in [3.05, 3.63) is 22.5 Å². The van der Waals surface area contributed by atoms with Crippen LogP contribution in [0.3, 0.4) is 0 Å². The molecule has 2 heterocycles. The topological polar surface area (TPSA) is 64.9 Å². The lowest BCUT2D eigenvalue weighted by atomic mass is 9.89. The van der Waals surface area contributed by atoms with E-state index in [-0.39, 0.29) is 11.5 Å². The molecule has 0 bridgehead atoms. The van der Waals surface area contributed by atoms with Crippen molar-refractivity contribution < 1.29 is 4.74 Å². The maximum absolute atomic E-state index is 5.46. The fraction of sp³-hybridized carbons (Fsp3) is 0.643. The van der Waals surface area contributed by atoms with Gasteiger partial charge in [0, 0.05) is 12.5 Å². The van der Waals surface area contributed by atoms with E-state index in [2.05, 4.69) is 47.7 Å². The maximum atomic E-state index is 5.46. The van der Waals surface area contributed by atoms with Crippen LogP contribution >= 0.6 is 11.5 Å². The normalized spacial score (nSPS) is 13.4. The molecule has 0 aliphatic carbocycles. The Labute approximate surface area is 129 Å². The van der Waals surface area contributed by atoms with Crippen molar-refractivity contribution in [3.8, 4) is 5.75 Å². The van der Waals surface area contributed by atoms with E-state index in [0.29, 0.717) is 0 Å². The lowest BCUT2D eigenvalue weighted by Crippen LogP contribution is -2.27. The van der Waals surface area contributed by atoms with Gasteiger partial charge < -0.3 is 10.1 Å². The molecule has 1 atom stereocenters. The van der Waals surface area contributed by atoms with Crippen LogP contribution in [-0.2, 0) is 12.5 Å². The van der Waals surface area contributed by atoms with E-state index in [1.807, 2.05) is 11.7 Å². The van der Waals surface area contributed by atoms with Gasteiger partial charge in [0.15, 0.2) is 5.75 Å². The molecule has 0 radical (unpaired) electrons. The van der Waals surface area contributed by atoms with Crippen molar-refractivity contribution in [1.29, 1.82) is 0 Å². The van der Waals surface area contributed by atoms with Gasteiger partial charge in [0.1, 0.15) is 5.69 Å². The van der Waals surface area contributed by atoms with Gasteiger partial charge in [0.2, 0.25) is 0 Å². The molecular weight excluding hydrogens is 286 g/mol. The number of hydrogen-bond donors (Lipinski definition) is 1. The molecule has 116 valence electrons. The molecule has 0 saturated heterocycles. The summed E-state index contributed by atoms with van der Waals surface area (Å²) in [4.78, 5) is 1.12. The zero-order valence-electron chi connectivity index (χ0n) is 13.5. The highest BCUT2D eigenvalue weighted by atomic mass is 32.1.